The van der Waals surface area contributed by atoms with E-state index in [1.54, 1.807) is 37.3 Å². The van der Waals surface area contributed by atoms with Crippen molar-refractivity contribution in [2.45, 2.75) is 19.3 Å². The van der Waals surface area contributed by atoms with Crippen molar-refractivity contribution in [3.63, 3.8) is 0 Å². The zero-order valence-electron chi connectivity index (χ0n) is 16.4. The number of fused-ring (bicyclic) bond motifs is 1. The number of ether oxygens (including phenoxy) is 3. The number of carbonyl (C=O) groups is 1. The molecular formula is C22H21FO6. The van der Waals surface area contributed by atoms with Crippen LogP contribution in [0.1, 0.15) is 24.0 Å². The number of carbonyl (C=O) groups excluding carboxylic acids is 1. The second-order valence-corrected chi connectivity index (χ2v) is 6.30. The Balaban J connectivity index is 2.23. The van der Waals surface area contributed by atoms with Crippen molar-refractivity contribution >= 4 is 16.9 Å². The van der Waals surface area contributed by atoms with Crippen LogP contribution in [0.3, 0.4) is 0 Å². The molecule has 3 aromatic rings. The number of halogens is 1. The second kappa shape index (κ2) is 8.77. The van der Waals surface area contributed by atoms with Gasteiger partial charge in [0.25, 0.3) is 0 Å². The van der Waals surface area contributed by atoms with E-state index in [9.17, 15) is 14.0 Å². The van der Waals surface area contributed by atoms with Crippen LogP contribution < -0.4 is 15.1 Å². The quantitative estimate of drug-likeness (QED) is 0.443. The minimum Gasteiger partial charge on any atom is -0.493 e. The predicted octanol–water partition coefficient (Wildman–Crippen LogP) is 3.84. The first-order chi connectivity index (χ1) is 14.0. The Hall–Kier alpha value is -3.35. The van der Waals surface area contributed by atoms with Gasteiger partial charge in [0.1, 0.15) is 5.82 Å². The van der Waals surface area contributed by atoms with Crippen molar-refractivity contribution in [2.24, 2.45) is 0 Å². The standard InChI is InChI=1S/C22H21FO6/c1-4-28-22(25)16(11-13-7-5-6-8-17(13)23)15-12-19(24)29-20-14(15)9-10-18(26-2)21(20)27-3/h5-10,12,16H,4,11H2,1-3H3. The molecule has 1 aromatic heterocycles. The molecule has 1 atom stereocenters. The van der Waals surface area contributed by atoms with Crippen molar-refractivity contribution in [1.82, 2.24) is 0 Å². The first-order valence-electron chi connectivity index (χ1n) is 9.08. The molecule has 0 bridgehead atoms. The summed E-state index contributed by atoms with van der Waals surface area (Å²) in [6.07, 6.45) is 0.0262. The van der Waals surface area contributed by atoms with Gasteiger partial charge in [-0.25, -0.2) is 9.18 Å². The number of rotatable bonds is 7. The molecule has 1 unspecified atom stereocenters. The number of methoxy groups -OCH3 is 2. The molecule has 3 rings (SSSR count). The molecule has 29 heavy (non-hydrogen) atoms. The molecule has 7 heteroatoms. The van der Waals surface area contributed by atoms with Gasteiger partial charge in [0.15, 0.2) is 11.3 Å². The summed E-state index contributed by atoms with van der Waals surface area (Å²) in [7, 11) is 2.89. The molecule has 0 saturated heterocycles. The lowest BCUT2D eigenvalue weighted by molar-refractivity contribution is -0.144. The largest absolute Gasteiger partial charge is 0.493 e. The van der Waals surface area contributed by atoms with Crippen LogP contribution in [0.5, 0.6) is 11.5 Å². The van der Waals surface area contributed by atoms with E-state index in [0.29, 0.717) is 22.3 Å². The molecule has 0 amide bonds. The molecule has 0 aliphatic heterocycles. The Morgan fingerprint density at radius 2 is 1.90 bits per heavy atom. The third-order valence-electron chi connectivity index (χ3n) is 4.62. The molecular weight excluding hydrogens is 379 g/mol. The van der Waals surface area contributed by atoms with E-state index < -0.39 is 23.3 Å². The Morgan fingerprint density at radius 1 is 1.14 bits per heavy atom. The van der Waals surface area contributed by atoms with Crippen molar-refractivity contribution in [3.8, 4) is 11.5 Å². The third kappa shape index (κ3) is 4.08. The van der Waals surface area contributed by atoms with Crippen molar-refractivity contribution < 1.29 is 27.8 Å². The van der Waals surface area contributed by atoms with Gasteiger partial charge in [0, 0.05) is 11.5 Å². The molecule has 0 saturated carbocycles. The molecule has 1 heterocycles. The zero-order chi connectivity index (χ0) is 21.0. The molecule has 0 spiro atoms. The summed E-state index contributed by atoms with van der Waals surface area (Å²) < 4.78 is 35.4. The van der Waals surface area contributed by atoms with Gasteiger partial charge >= 0.3 is 11.6 Å². The van der Waals surface area contributed by atoms with E-state index >= 15 is 0 Å². The monoisotopic (exact) mass is 400 g/mol. The van der Waals surface area contributed by atoms with Crippen LogP contribution in [-0.4, -0.2) is 26.8 Å². The van der Waals surface area contributed by atoms with Crippen molar-refractivity contribution in [1.29, 1.82) is 0 Å². The molecule has 0 aliphatic rings. The molecule has 0 fully saturated rings. The third-order valence-corrected chi connectivity index (χ3v) is 4.62. The summed E-state index contributed by atoms with van der Waals surface area (Å²) in [4.78, 5) is 25.0. The number of benzene rings is 2. The highest BCUT2D eigenvalue weighted by molar-refractivity contribution is 5.92. The van der Waals surface area contributed by atoms with Crippen molar-refractivity contribution in [3.05, 3.63) is 69.8 Å². The van der Waals surface area contributed by atoms with Crippen LogP contribution in [0.4, 0.5) is 4.39 Å². The SMILES string of the molecule is CCOC(=O)C(Cc1ccccc1F)c1cc(=O)oc2c(OC)c(OC)ccc12. The normalized spacial score (nSPS) is 11.9. The first-order valence-corrected chi connectivity index (χ1v) is 9.08. The fourth-order valence-electron chi connectivity index (χ4n) is 3.30. The minimum absolute atomic E-state index is 0.0262. The topological polar surface area (TPSA) is 75.0 Å². The lowest BCUT2D eigenvalue weighted by atomic mass is 9.89. The van der Waals surface area contributed by atoms with Crippen LogP contribution in [0, 0.1) is 5.82 Å². The van der Waals surface area contributed by atoms with Gasteiger partial charge in [0.05, 0.1) is 26.7 Å². The number of esters is 1. The second-order valence-electron chi connectivity index (χ2n) is 6.30. The van der Waals surface area contributed by atoms with E-state index in [0.717, 1.165) is 0 Å². The van der Waals surface area contributed by atoms with Crippen LogP contribution in [0.15, 0.2) is 51.7 Å². The van der Waals surface area contributed by atoms with Gasteiger partial charge in [0.2, 0.25) is 5.75 Å². The fourth-order valence-corrected chi connectivity index (χ4v) is 3.30. The number of hydrogen-bond acceptors (Lipinski definition) is 6. The van der Waals surface area contributed by atoms with E-state index in [4.69, 9.17) is 18.6 Å². The minimum atomic E-state index is -0.906. The Kier molecular flexibility index (Phi) is 6.16. The van der Waals surface area contributed by atoms with Gasteiger partial charge in [-0.3, -0.25) is 4.79 Å². The summed E-state index contributed by atoms with van der Waals surface area (Å²) in [5, 5.41) is 0.483. The van der Waals surface area contributed by atoms with Gasteiger partial charge in [-0.1, -0.05) is 18.2 Å². The first kappa shape index (κ1) is 20.4. The highest BCUT2D eigenvalue weighted by Crippen LogP contribution is 2.38. The maximum atomic E-state index is 14.3. The summed E-state index contributed by atoms with van der Waals surface area (Å²) >= 11 is 0. The van der Waals surface area contributed by atoms with Gasteiger partial charge in [-0.2, -0.15) is 0 Å². The van der Waals surface area contributed by atoms with E-state index in [-0.39, 0.29) is 24.4 Å². The Morgan fingerprint density at radius 3 is 2.55 bits per heavy atom. The van der Waals surface area contributed by atoms with Crippen LogP contribution in [0.25, 0.3) is 11.0 Å². The van der Waals surface area contributed by atoms with Gasteiger partial charge in [-0.05, 0) is 42.7 Å². The lowest BCUT2D eigenvalue weighted by Crippen LogP contribution is -2.20. The summed E-state index contributed by atoms with van der Waals surface area (Å²) in [5.41, 5.74) is 0.199. The van der Waals surface area contributed by atoms with Gasteiger partial charge < -0.3 is 18.6 Å². The maximum absolute atomic E-state index is 14.3. The average molecular weight is 400 g/mol. The van der Waals surface area contributed by atoms with Crippen LogP contribution in [-0.2, 0) is 16.0 Å². The molecule has 2 aromatic carbocycles. The van der Waals surface area contributed by atoms with E-state index in [1.807, 2.05) is 0 Å². The summed E-state index contributed by atoms with van der Waals surface area (Å²) in [6, 6.07) is 10.7. The Labute approximate surface area is 166 Å². The Bertz CT molecular complexity index is 1090. The van der Waals surface area contributed by atoms with E-state index in [2.05, 4.69) is 0 Å². The highest BCUT2D eigenvalue weighted by atomic mass is 19.1. The van der Waals surface area contributed by atoms with Crippen LogP contribution >= 0.6 is 0 Å². The molecule has 0 aliphatic carbocycles. The molecule has 0 radical (unpaired) electrons. The zero-order valence-corrected chi connectivity index (χ0v) is 16.4. The lowest BCUT2D eigenvalue weighted by Gasteiger charge is -2.19. The van der Waals surface area contributed by atoms with Gasteiger partial charge in [-0.15, -0.1) is 0 Å². The molecule has 0 N–H and O–H groups in total. The van der Waals surface area contributed by atoms with Crippen LogP contribution in [0.2, 0.25) is 0 Å². The summed E-state index contributed by atoms with van der Waals surface area (Å²) in [6.45, 7) is 1.84. The highest BCUT2D eigenvalue weighted by Gasteiger charge is 2.28. The number of hydrogen-bond donors (Lipinski definition) is 0. The fraction of sp³-hybridized carbons (Fsp3) is 0.273. The maximum Gasteiger partial charge on any atom is 0.336 e. The van der Waals surface area contributed by atoms with Crippen molar-refractivity contribution in [2.75, 3.05) is 20.8 Å². The molecule has 152 valence electrons. The smallest absolute Gasteiger partial charge is 0.336 e. The molecule has 6 nitrogen and oxygen atoms in total. The average Bonchev–Trinajstić information content (AvgIpc) is 2.71. The predicted molar refractivity (Wildman–Crippen MR) is 105 cm³/mol. The van der Waals surface area contributed by atoms with E-state index in [1.165, 1.54) is 26.4 Å². The summed E-state index contributed by atoms with van der Waals surface area (Å²) in [5.74, 6) is -1.29.